The highest BCUT2D eigenvalue weighted by Gasteiger charge is 2.10. The van der Waals surface area contributed by atoms with Gasteiger partial charge in [0.25, 0.3) is 0 Å². The van der Waals surface area contributed by atoms with E-state index in [4.69, 9.17) is 9.72 Å². The Labute approximate surface area is 158 Å². The third kappa shape index (κ3) is 3.67. The quantitative estimate of drug-likeness (QED) is 0.499. The molecule has 4 aromatic rings. The molecule has 0 spiro atoms. The summed E-state index contributed by atoms with van der Waals surface area (Å²) in [5.74, 6) is 2.01. The molecule has 0 radical (unpaired) electrons. The second kappa shape index (κ2) is 7.33. The molecule has 5 nitrogen and oxygen atoms in total. The second-order valence-electron chi connectivity index (χ2n) is 6.23. The van der Waals surface area contributed by atoms with Crippen molar-refractivity contribution in [3.8, 4) is 5.75 Å². The van der Waals surface area contributed by atoms with E-state index in [0.717, 1.165) is 39.4 Å². The normalized spacial score (nSPS) is 10.6. The van der Waals surface area contributed by atoms with Gasteiger partial charge in [-0.3, -0.25) is 0 Å². The van der Waals surface area contributed by atoms with Crippen LogP contribution in [0, 0.1) is 6.92 Å². The Bertz CT molecular complexity index is 1080. The topological polar surface area (TPSA) is 59.1 Å². The van der Waals surface area contributed by atoms with Crippen molar-refractivity contribution in [2.45, 2.75) is 6.92 Å². The monoisotopic (exact) mass is 356 g/mol. The maximum Gasteiger partial charge on any atom is 0.229 e. The van der Waals surface area contributed by atoms with E-state index in [0.29, 0.717) is 5.95 Å². The lowest BCUT2D eigenvalue weighted by Gasteiger charge is -2.14. The van der Waals surface area contributed by atoms with E-state index < -0.39 is 0 Å². The lowest BCUT2D eigenvalue weighted by atomic mass is 10.2. The Kier molecular flexibility index (Phi) is 4.58. The first-order valence-corrected chi connectivity index (χ1v) is 8.73. The van der Waals surface area contributed by atoms with E-state index in [2.05, 4.69) is 15.6 Å². The fourth-order valence-electron chi connectivity index (χ4n) is 2.93. The molecule has 0 aliphatic heterocycles. The van der Waals surface area contributed by atoms with E-state index >= 15 is 0 Å². The summed E-state index contributed by atoms with van der Waals surface area (Å²) >= 11 is 0. The Morgan fingerprint density at radius 1 is 0.815 bits per heavy atom. The number of para-hydroxylation sites is 2. The number of nitrogens with one attached hydrogen (secondary N) is 2. The lowest BCUT2D eigenvalue weighted by Crippen LogP contribution is -2.03. The van der Waals surface area contributed by atoms with Crippen LogP contribution >= 0.6 is 0 Å². The van der Waals surface area contributed by atoms with Gasteiger partial charge in [-0.05, 0) is 48.9 Å². The summed E-state index contributed by atoms with van der Waals surface area (Å²) in [6, 6.07) is 23.9. The number of methoxy groups -OCH3 is 1. The van der Waals surface area contributed by atoms with Gasteiger partial charge in [-0.25, -0.2) is 4.98 Å². The summed E-state index contributed by atoms with van der Waals surface area (Å²) in [6.07, 6.45) is 0. The zero-order valence-corrected chi connectivity index (χ0v) is 15.2. The predicted molar refractivity (Wildman–Crippen MR) is 110 cm³/mol. The minimum atomic E-state index is 0.510. The molecule has 0 fully saturated rings. The van der Waals surface area contributed by atoms with Crippen molar-refractivity contribution in [2.75, 3.05) is 17.7 Å². The molecule has 134 valence electrons. The molecule has 27 heavy (non-hydrogen) atoms. The molecule has 2 N–H and O–H groups in total. The fourth-order valence-corrected chi connectivity index (χ4v) is 2.93. The van der Waals surface area contributed by atoms with Crippen LogP contribution in [0.2, 0.25) is 0 Å². The van der Waals surface area contributed by atoms with Crippen molar-refractivity contribution in [3.63, 3.8) is 0 Å². The molecule has 0 atom stereocenters. The standard InChI is InChI=1S/C22H20N4O/c1-15-12-13-20(27-2)19(14-15)25-22-24-18-11-7-6-10-17(18)21(26-22)23-16-8-4-3-5-9-16/h3-14H,1-2H3,(H2,23,24,25,26). The third-order valence-corrected chi connectivity index (χ3v) is 4.24. The third-order valence-electron chi connectivity index (χ3n) is 4.24. The van der Waals surface area contributed by atoms with Gasteiger partial charge in [-0.2, -0.15) is 4.98 Å². The summed E-state index contributed by atoms with van der Waals surface area (Å²) in [5, 5.41) is 7.65. The zero-order chi connectivity index (χ0) is 18.6. The largest absolute Gasteiger partial charge is 0.495 e. The molecule has 0 saturated carbocycles. The van der Waals surface area contributed by atoms with Gasteiger partial charge in [0, 0.05) is 11.1 Å². The van der Waals surface area contributed by atoms with E-state index in [1.807, 2.05) is 79.7 Å². The number of hydrogen-bond acceptors (Lipinski definition) is 5. The number of anilines is 4. The maximum atomic E-state index is 5.45. The summed E-state index contributed by atoms with van der Waals surface area (Å²) in [7, 11) is 1.65. The number of nitrogens with zero attached hydrogens (tertiary/aromatic N) is 2. The molecule has 0 amide bonds. The van der Waals surface area contributed by atoms with Gasteiger partial charge in [0.2, 0.25) is 5.95 Å². The van der Waals surface area contributed by atoms with Gasteiger partial charge in [-0.15, -0.1) is 0 Å². The Morgan fingerprint density at radius 3 is 2.41 bits per heavy atom. The SMILES string of the molecule is COc1ccc(C)cc1Nc1nc(Nc2ccccc2)c2ccccc2n1. The van der Waals surface area contributed by atoms with Crippen LogP contribution in [0.3, 0.4) is 0 Å². The van der Waals surface area contributed by atoms with Gasteiger partial charge in [0.15, 0.2) is 0 Å². The summed E-state index contributed by atoms with van der Waals surface area (Å²) in [6.45, 7) is 2.04. The molecule has 5 heteroatoms. The molecule has 0 aliphatic rings. The predicted octanol–water partition coefficient (Wildman–Crippen LogP) is 5.43. The van der Waals surface area contributed by atoms with Crippen molar-refractivity contribution in [3.05, 3.63) is 78.4 Å². The molecule has 1 heterocycles. The van der Waals surface area contributed by atoms with Crippen LogP contribution in [-0.2, 0) is 0 Å². The van der Waals surface area contributed by atoms with E-state index in [1.54, 1.807) is 7.11 Å². The van der Waals surface area contributed by atoms with Gasteiger partial charge >= 0.3 is 0 Å². The summed E-state index contributed by atoms with van der Waals surface area (Å²) in [5.41, 5.74) is 3.79. The smallest absolute Gasteiger partial charge is 0.229 e. The highest BCUT2D eigenvalue weighted by molar-refractivity contribution is 5.92. The van der Waals surface area contributed by atoms with Crippen LogP contribution in [0.5, 0.6) is 5.75 Å². The van der Waals surface area contributed by atoms with Crippen molar-refractivity contribution in [1.29, 1.82) is 0 Å². The van der Waals surface area contributed by atoms with Crippen LogP contribution in [-0.4, -0.2) is 17.1 Å². The number of hydrogen-bond donors (Lipinski definition) is 2. The molecule has 0 unspecified atom stereocenters. The van der Waals surface area contributed by atoms with Crippen molar-refractivity contribution in [1.82, 2.24) is 9.97 Å². The van der Waals surface area contributed by atoms with Gasteiger partial charge in [-0.1, -0.05) is 36.4 Å². The van der Waals surface area contributed by atoms with Crippen LogP contribution in [0.25, 0.3) is 10.9 Å². The minimum Gasteiger partial charge on any atom is -0.495 e. The first-order valence-electron chi connectivity index (χ1n) is 8.73. The zero-order valence-electron chi connectivity index (χ0n) is 15.2. The molecule has 4 rings (SSSR count). The molecule has 0 saturated heterocycles. The Hall–Kier alpha value is -3.60. The highest BCUT2D eigenvalue weighted by atomic mass is 16.5. The Morgan fingerprint density at radius 2 is 1.59 bits per heavy atom. The minimum absolute atomic E-state index is 0.510. The lowest BCUT2D eigenvalue weighted by molar-refractivity contribution is 0.416. The average Bonchev–Trinajstić information content (AvgIpc) is 2.69. The molecule has 0 bridgehead atoms. The maximum absolute atomic E-state index is 5.45. The first-order chi connectivity index (χ1) is 13.2. The van der Waals surface area contributed by atoms with Crippen LogP contribution in [0.1, 0.15) is 5.56 Å². The van der Waals surface area contributed by atoms with Crippen LogP contribution < -0.4 is 15.4 Å². The second-order valence-corrected chi connectivity index (χ2v) is 6.23. The van der Waals surface area contributed by atoms with E-state index in [-0.39, 0.29) is 0 Å². The van der Waals surface area contributed by atoms with Crippen LogP contribution in [0.15, 0.2) is 72.8 Å². The van der Waals surface area contributed by atoms with Gasteiger partial charge in [0.05, 0.1) is 18.3 Å². The summed E-state index contributed by atoms with van der Waals surface area (Å²) < 4.78 is 5.45. The average molecular weight is 356 g/mol. The fraction of sp³-hybridized carbons (Fsp3) is 0.0909. The highest BCUT2D eigenvalue weighted by Crippen LogP contribution is 2.30. The van der Waals surface area contributed by atoms with Crippen molar-refractivity contribution in [2.24, 2.45) is 0 Å². The molecule has 0 aliphatic carbocycles. The molecular formula is C22H20N4O. The van der Waals surface area contributed by atoms with Crippen molar-refractivity contribution < 1.29 is 4.74 Å². The van der Waals surface area contributed by atoms with Crippen LogP contribution in [0.4, 0.5) is 23.1 Å². The number of aromatic nitrogens is 2. The number of aryl methyl sites for hydroxylation is 1. The number of rotatable bonds is 5. The first kappa shape index (κ1) is 16.8. The molecular weight excluding hydrogens is 336 g/mol. The molecule has 3 aromatic carbocycles. The summed E-state index contributed by atoms with van der Waals surface area (Å²) in [4.78, 5) is 9.37. The number of benzene rings is 3. The van der Waals surface area contributed by atoms with E-state index in [9.17, 15) is 0 Å². The number of ether oxygens (including phenoxy) is 1. The van der Waals surface area contributed by atoms with Gasteiger partial charge in [0.1, 0.15) is 11.6 Å². The molecule has 1 aromatic heterocycles. The van der Waals surface area contributed by atoms with E-state index in [1.165, 1.54) is 0 Å². The number of fused-ring (bicyclic) bond motifs is 1. The van der Waals surface area contributed by atoms with Crippen molar-refractivity contribution >= 4 is 34.0 Å². The van der Waals surface area contributed by atoms with Gasteiger partial charge < -0.3 is 15.4 Å². The Balaban J connectivity index is 1.77.